The van der Waals surface area contributed by atoms with E-state index in [4.69, 9.17) is 5.21 Å². The van der Waals surface area contributed by atoms with E-state index in [0.29, 0.717) is 25.9 Å². The van der Waals surface area contributed by atoms with Crippen molar-refractivity contribution < 1.29 is 10.0 Å². The number of carbonyl (C=O) groups is 1. The highest BCUT2D eigenvalue weighted by Gasteiger charge is 2.25. The summed E-state index contributed by atoms with van der Waals surface area (Å²) in [5, 5.41) is 16.0. The van der Waals surface area contributed by atoms with Crippen molar-refractivity contribution in [3.05, 3.63) is 22.4 Å². The third kappa shape index (κ3) is 2.85. The first-order valence-electron chi connectivity index (χ1n) is 5.70. The number of thiophene rings is 1. The van der Waals surface area contributed by atoms with Crippen LogP contribution in [0.15, 0.2) is 22.0 Å². The van der Waals surface area contributed by atoms with Crippen LogP contribution < -0.4 is 0 Å². The Morgan fingerprint density at radius 3 is 3.12 bits per heavy atom. The SMILES string of the molecule is CC1CN(C(=O)Cc2ccsc2)CC/C1=N\O. The molecule has 0 bridgehead atoms. The molecule has 1 unspecified atom stereocenters. The van der Waals surface area contributed by atoms with E-state index in [1.54, 1.807) is 11.3 Å². The first kappa shape index (κ1) is 12.1. The quantitative estimate of drug-likeness (QED) is 0.646. The molecule has 1 fully saturated rings. The van der Waals surface area contributed by atoms with E-state index in [1.165, 1.54) is 0 Å². The van der Waals surface area contributed by atoms with E-state index in [0.717, 1.165) is 11.3 Å². The van der Waals surface area contributed by atoms with Gasteiger partial charge in [0.05, 0.1) is 12.1 Å². The predicted molar refractivity (Wildman–Crippen MR) is 67.6 cm³/mol. The lowest BCUT2D eigenvalue weighted by atomic mass is 9.97. The molecule has 2 heterocycles. The monoisotopic (exact) mass is 252 g/mol. The minimum atomic E-state index is 0.153. The number of oxime groups is 1. The minimum Gasteiger partial charge on any atom is -0.411 e. The number of rotatable bonds is 2. The Bertz CT molecular complexity index is 414. The number of carbonyl (C=O) groups excluding carboxylic acids is 1. The van der Waals surface area contributed by atoms with Crippen LogP contribution in [0, 0.1) is 5.92 Å². The maximum atomic E-state index is 12.0. The van der Waals surface area contributed by atoms with E-state index < -0.39 is 0 Å². The van der Waals surface area contributed by atoms with Crippen molar-refractivity contribution in [2.75, 3.05) is 13.1 Å². The van der Waals surface area contributed by atoms with Crippen LogP contribution in [0.2, 0.25) is 0 Å². The maximum Gasteiger partial charge on any atom is 0.227 e. The molecule has 1 aromatic rings. The molecule has 0 saturated carbocycles. The molecule has 0 aliphatic carbocycles. The summed E-state index contributed by atoms with van der Waals surface area (Å²) in [6.07, 6.45) is 1.15. The Morgan fingerprint density at radius 1 is 1.71 bits per heavy atom. The number of hydrogen-bond acceptors (Lipinski definition) is 4. The van der Waals surface area contributed by atoms with Gasteiger partial charge in [-0.1, -0.05) is 12.1 Å². The fraction of sp³-hybridized carbons (Fsp3) is 0.500. The van der Waals surface area contributed by atoms with E-state index in [1.807, 2.05) is 28.7 Å². The molecule has 5 heteroatoms. The van der Waals surface area contributed by atoms with Crippen LogP contribution >= 0.6 is 11.3 Å². The summed E-state index contributed by atoms with van der Waals surface area (Å²) in [6.45, 7) is 3.30. The van der Waals surface area contributed by atoms with Crippen molar-refractivity contribution in [3.63, 3.8) is 0 Å². The lowest BCUT2D eigenvalue weighted by molar-refractivity contribution is -0.131. The molecule has 0 aromatic carbocycles. The molecule has 1 saturated heterocycles. The van der Waals surface area contributed by atoms with E-state index in [2.05, 4.69) is 5.16 Å². The smallest absolute Gasteiger partial charge is 0.227 e. The molecule has 4 nitrogen and oxygen atoms in total. The highest BCUT2D eigenvalue weighted by atomic mass is 32.1. The average Bonchev–Trinajstić information content (AvgIpc) is 2.81. The topological polar surface area (TPSA) is 52.9 Å². The minimum absolute atomic E-state index is 0.153. The molecule has 1 aliphatic heterocycles. The molecule has 92 valence electrons. The second-order valence-electron chi connectivity index (χ2n) is 4.39. The largest absolute Gasteiger partial charge is 0.411 e. The summed E-state index contributed by atoms with van der Waals surface area (Å²) < 4.78 is 0. The molecule has 0 spiro atoms. The third-order valence-corrected chi connectivity index (χ3v) is 3.85. The molecule has 1 N–H and O–H groups in total. The van der Waals surface area contributed by atoms with Gasteiger partial charge in [-0.05, 0) is 22.4 Å². The predicted octanol–water partition coefficient (Wildman–Crippen LogP) is 1.99. The number of amides is 1. The number of hydrogen-bond donors (Lipinski definition) is 1. The molecule has 1 aliphatic rings. The molecule has 1 atom stereocenters. The standard InChI is InChI=1S/C12H16N2O2S/c1-9-7-14(4-2-11(9)13-16)12(15)6-10-3-5-17-8-10/h3,5,8-9,16H,2,4,6-7H2,1H3/b13-11+. The molecule has 17 heavy (non-hydrogen) atoms. The Labute approximate surface area is 105 Å². The van der Waals surface area contributed by atoms with Gasteiger partial charge in [-0.2, -0.15) is 11.3 Å². The van der Waals surface area contributed by atoms with Crippen LogP contribution in [0.4, 0.5) is 0 Å². The van der Waals surface area contributed by atoms with E-state index in [-0.39, 0.29) is 11.8 Å². The molecule has 1 amide bonds. The van der Waals surface area contributed by atoms with Crippen LogP contribution in [-0.2, 0) is 11.2 Å². The molecule has 0 radical (unpaired) electrons. The second kappa shape index (κ2) is 5.31. The highest BCUT2D eigenvalue weighted by molar-refractivity contribution is 7.07. The molecular formula is C12H16N2O2S. The van der Waals surface area contributed by atoms with Gasteiger partial charge in [0.15, 0.2) is 0 Å². The molecule has 1 aromatic heterocycles. The van der Waals surface area contributed by atoms with Gasteiger partial charge < -0.3 is 10.1 Å². The molecular weight excluding hydrogens is 236 g/mol. The second-order valence-corrected chi connectivity index (χ2v) is 5.17. The summed E-state index contributed by atoms with van der Waals surface area (Å²) in [5.74, 6) is 0.312. The van der Waals surface area contributed by atoms with Crippen LogP contribution in [0.25, 0.3) is 0 Å². The zero-order valence-electron chi connectivity index (χ0n) is 9.80. The Balaban J connectivity index is 1.93. The zero-order valence-corrected chi connectivity index (χ0v) is 10.6. The number of piperidine rings is 1. The van der Waals surface area contributed by atoms with Gasteiger partial charge >= 0.3 is 0 Å². The lowest BCUT2D eigenvalue weighted by Crippen LogP contribution is -2.43. The first-order valence-corrected chi connectivity index (χ1v) is 6.64. The first-order chi connectivity index (χ1) is 8.20. The van der Waals surface area contributed by atoms with Crippen LogP contribution in [0.1, 0.15) is 18.9 Å². The van der Waals surface area contributed by atoms with Gasteiger partial charge in [-0.15, -0.1) is 0 Å². The summed E-state index contributed by atoms with van der Waals surface area (Å²) >= 11 is 1.61. The number of likely N-dealkylation sites (tertiary alicyclic amines) is 1. The van der Waals surface area contributed by atoms with E-state index >= 15 is 0 Å². The van der Waals surface area contributed by atoms with Crippen molar-refractivity contribution in [1.29, 1.82) is 0 Å². The van der Waals surface area contributed by atoms with Crippen LogP contribution in [0.5, 0.6) is 0 Å². The zero-order chi connectivity index (χ0) is 12.3. The van der Waals surface area contributed by atoms with Crippen LogP contribution in [0.3, 0.4) is 0 Å². The highest BCUT2D eigenvalue weighted by Crippen LogP contribution is 2.16. The van der Waals surface area contributed by atoms with E-state index in [9.17, 15) is 4.79 Å². The fourth-order valence-electron chi connectivity index (χ4n) is 2.08. The van der Waals surface area contributed by atoms with Crippen molar-refractivity contribution in [1.82, 2.24) is 4.90 Å². The Kier molecular flexibility index (Phi) is 3.78. The molecule has 2 rings (SSSR count). The lowest BCUT2D eigenvalue weighted by Gasteiger charge is -2.31. The van der Waals surface area contributed by atoms with Crippen molar-refractivity contribution in [2.24, 2.45) is 11.1 Å². The van der Waals surface area contributed by atoms with Gasteiger partial charge in [-0.3, -0.25) is 4.79 Å². The normalized spacial score (nSPS) is 23.0. The van der Waals surface area contributed by atoms with Gasteiger partial charge in [0.1, 0.15) is 0 Å². The van der Waals surface area contributed by atoms with Crippen molar-refractivity contribution >= 4 is 23.0 Å². The Hall–Kier alpha value is -1.36. The van der Waals surface area contributed by atoms with Gasteiger partial charge in [0, 0.05) is 25.4 Å². The summed E-state index contributed by atoms with van der Waals surface area (Å²) in [7, 11) is 0. The number of nitrogens with zero attached hydrogens (tertiary/aromatic N) is 2. The van der Waals surface area contributed by atoms with Crippen molar-refractivity contribution in [3.8, 4) is 0 Å². The van der Waals surface area contributed by atoms with Gasteiger partial charge in [0.25, 0.3) is 0 Å². The average molecular weight is 252 g/mol. The Morgan fingerprint density at radius 2 is 2.53 bits per heavy atom. The summed E-state index contributed by atoms with van der Waals surface area (Å²) in [5.41, 5.74) is 1.87. The fourth-order valence-corrected chi connectivity index (χ4v) is 2.75. The summed E-state index contributed by atoms with van der Waals surface area (Å²) in [4.78, 5) is 13.9. The van der Waals surface area contributed by atoms with Crippen LogP contribution in [-0.4, -0.2) is 34.8 Å². The van der Waals surface area contributed by atoms with Gasteiger partial charge in [0.2, 0.25) is 5.91 Å². The summed E-state index contributed by atoms with van der Waals surface area (Å²) in [6, 6.07) is 1.98. The maximum absolute atomic E-state index is 12.0. The van der Waals surface area contributed by atoms with Gasteiger partial charge in [-0.25, -0.2) is 0 Å². The third-order valence-electron chi connectivity index (χ3n) is 3.12. The van der Waals surface area contributed by atoms with Crippen molar-refractivity contribution in [2.45, 2.75) is 19.8 Å².